The third-order valence-corrected chi connectivity index (χ3v) is 12.9. The van der Waals surface area contributed by atoms with E-state index < -0.39 is 0 Å². The zero-order valence-corrected chi connectivity index (χ0v) is 33.7. The number of fused-ring (bicyclic) bond motifs is 4. The van der Waals surface area contributed by atoms with Crippen LogP contribution in [0.2, 0.25) is 0 Å². The van der Waals surface area contributed by atoms with Crippen LogP contribution in [0.25, 0.3) is 86.6 Å². The molecule has 0 amide bonds. The van der Waals surface area contributed by atoms with Gasteiger partial charge in [-0.05, 0) is 109 Å². The zero-order valence-electron chi connectivity index (χ0n) is 32.9. The number of benzene rings is 10. The van der Waals surface area contributed by atoms with Crippen LogP contribution in [0.5, 0.6) is 0 Å². The molecule has 1 heterocycles. The molecule has 0 atom stereocenters. The van der Waals surface area contributed by atoms with Gasteiger partial charge in [0.15, 0.2) is 0 Å². The van der Waals surface area contributed by atoms with Crippen molar-refractivity contribution in [3.8, 4) is 55.6 Å². The summed E-state index contributed by atoms with van der Waals surface area (Å²) in [6, 6.07) is 86.1. The van der Waals surface area contributed by atoms with Gasteiger partial charge in [0.05, 0.1) is 10.4 Å². The summed E-state index contributed by atoms with van der Waals surface area (Å²) >= 11 is 1.89. The summed E-state index contributed by atoms with van der Waals surface area (Å²) in [6.45, 7) is 0. The SMILES string of the molecule is c1ccc(-c2cccc(-c3ccc(N(c4ccc5cccc(-c6ccccc6)c5c4)c4cccc5c4sc4c(-c6ccccc6)cc(-c6ccccc6)cc45)cc3)c2)cc1. The van der Waals surface area contributed by atoms with Crippen LogP contribution in [-0.2, 0) is 0 Å². The number of hydrogen-bond acceptors (Lipinski definition) is 2. The monoisotopic (exact) mass is 781 g/mol. The quantitative estimate of drug-likeness (QED) is 0.148. The summed E-state index contributed by atoms with van der Waals surface area (Å²) in [5, 5.41) is 4.97. The first-order valence-electron chi connectivity index (χ1n) is 20.5. The van der Waals surface area contributed by atoms with Gasteiger partial charge < -0.3 is 4.90 Å². The predicted molar refractivity (Wildman–Crippen MR) is 259 cm³/mol. The summed E-state index contributed by atoms with van der Waals surface area (Å²) in [5.41, 5.74) is 15.5. The molecule has 1 nitrogen and oxygen atoms in total. The zero-order chi connectivity index (χ0) is 39.8. The molecular weight excluding hydrogens is 743 g/mol. The summed E-state index contributed by atoms with van der Waals surface area (Å²) in [5.74, 6) is 0. The van der Waals surface area contributed by atoms with Crippen LogP contribution in [0.3, 0.4) is 0 Å². The largest absolute Gasteiger partial charge is 0.309 e. The summed E-state index contributed by atoms with van der Waals surface area (Å²) in [7, 11) is 0. The van der Waals surface area contributed by atoms with Crippen LogP contribution < -0.4 is 4.90 Å². The molecule has 1 aromatic heterocycles. The molecule has 0 spiro atoms. The van der Waals surface area contributed by atoms with Crippen molar-refractivity contribution in [2.24, 2.45) is 0 Å². The minimum Gasteiger partial charge on any atom is -0.309 e. The molecule has 0 aliphatic heterocycles. The van der Waals surface area contributed by atoms with E-state index in [-0.39, 0.29) is 0 Å². The fourth-order valence-electron chi connectivity index (χ4n) is 8.70. The molecule has 0 unspecified atom stereocenters. The molecule has 0 bridgehead atoms. The van der Waals surface area contributed by atoms with E-state index in [1.54, 1.807) is 0 Å². The maximum atomic E-state index is 2.46. The molecule has 0 N–H and O–H groups in total. The lowest BCUT2D eigenvalue weighted by atomic mass is 9.96. The van der Waals surface area contributed by atoms with E-state index >= 15 is 0 Å². The van der Waals surface area contributed by atoms with Crippen molar-refractivity contribution in [2.45, 2.75) is 0 Å². The van der Waals surface area contributed by atoms with Gasteiger partial charge in [-0.3, -0.25) is 0 Å². The minimum atomic E-state index is 1.10. The first-order valence-corrected chi connectivity index (χ1v) is 21.3. The van der Waals surface area contributed by atoms with E-state index in [1.165, 1.54) is 86.6 Å². The van der Waals surface area contributed by atoms with Crippen LogP contribution >= 0.6 is 11.3 Å². The number of nitrogens with zero attached hydrogens (tertiary/aromatic N) is 1. The molecule has 0 aliphatic rings. The molecule has 282 valence electrons. The Morgan fingerprint density at radius 1 is 0.267 bits per heavy atom. The van der Waals surface area contributed by atoms with Crippen molar-refractivity contribution in [2.75, 3.05) is 4.90 Å². The van der Waals surface area contributed by atoms with Gasteiger partial charge in [-0.2, -0.15) is 0 Å². The van der Waals surface area contributed by atoms with Crippen LogP contribution in [0.15, 0.2) is 237 Å². The lowest BCUT2D eigenvalue weighted by Gasteiger charge is -2.27. The molecule has 60 heavy (non-hydrogen) atoms. The fraction of sp³-hybridized carbons (Fsp3) is 0. The van der Waals surface area contributed by atoms with Crippen LogP contribution in [0, 0.1) is 0 Å². The standard InChI is InChI=1S/C58H39NS/c1-5-16-40(17-6-1)46-25-13-26-47(36-46)42-30-33-49(34-31-42)59(50-35-32-45-24-14-27-51(53(45)39-50)43-20-9-3-10-21-43)56-29-15-28-52-55-38-48(41-18-7-2-8-19-41)37-54(57(55)60-58(52)56)44-22-11-4-12-23-44/h1-39H. The second kappa shape index (κ2) is 15.3. The molecular formula is C58H39NS. The van der Waals surface area contributed by atoms with Gasteiger partial charge in [0.1, 0.15) is 0 Å². The molecule has 2 heteroatoms. The number of anilines is 3. The Kier molecular flexibility index (Phi) is 9.11. The Morgan fingerprint density at radius 3 is 1.47 bits per heavy atom. The van der Waals surface area contributed by atoms with E-state index in [9.17, 15) is 0 Å². The Morgan fingerprint density at radius 2 is 0.800 bits per heavy atom. The molecule has 0 saturated heterocycles. The maximum absolute atomic E-state index is 2.46. The Labute approximate surface area is 354 Å². The highest BCUT2D eigenvalue weighted by atomic mass is 32.1. The molecule has 11 aromatic rings. The second-order valence-corrected chi connectivity index (χ2v) is 16.3. The van der Waals surface area contributed by atoms with Gasteiger partial charge in [0.2, 0.25) is 0 Å². The van der Waals surface area contributed by atoms with E-state index in [2.05, 4.69) is 241 Å². The third-order valence-electron chi connectivity index (χ3n) is 11.6. The van der Waals surface area contributed by atoms with Gasteiger partial charge in [-0.25, -0.2) is 0 Å². The number of thiophene rings is 1. The number of rotatable bonds is 8. The van der Waals surface area contributed by atoms with Gasteiger partial charge in [0, 0.05) is 32.4 Å². The highest BCUT2D eigenvalue weighted by Gasteiger charge is 2.21. The topological polar surface area (TPSA) is 3.24 Å². The van der Waals surface area contributed by atoms with Crippen molar-refractivity contribution >= 4 is 59.3 Å². The number of hydrogen-bond donors (Lipinski definition) is 0. The molecule has 0 saturated carbocycles. The highest BCUT2D eigenvalue weighted by molar-refractivity contribution is 7.27. The maximum Gasteiger partial charge on any atom is 0.0640 e. The van der Waals surface area contributed by atoms with Crippen molar-refractivity contribution in [1.82, 2.24) is 0 Å². The van der Waals surface area contributed by atoms with E-state index in [0.29, 0.717) is 0 Å². The van der Waals surface area contributed by atoms with Gasteiger partial charge in [-0.15, -0.1) is 11.3 Å². The van der Waals surface area contributed by atoms with Crippen molar-refractivity contribution < 1.29 is 0 Å². The molecule has 10 aromatic carbocycles. The average molecular weight is 782 g/mol. The lowest BCUT2D eigenvalue weighted by molar-refractivity contribution is 1.31. The van der Waals surface area contributed by atoms with E-state index in [1.807, 2.05) is 11.3 Å². The smallest absolute Gasteiger partial charge is 0.0640 e. The van der Waals surface area contributed by atoms with Gasteiger partial charge >= 0.3 is 0 Å². The molecule has 0 radical (unpaired) electrons. The Bertz CT molecular complexity index is 3280. The minimum absolute atomic E-state index is 1.10. The summed E-state index contributed by atoms with van der Waals surface area (Å²) in [6.07, 6.45) is 0. The molecule has 0 fully saturated rings. The van der Waals surface area contributed by atoms with Crippen molar-refractivity contribution in [3.63, 3.8) is 0 Å². The van der Waals surface area contributed by atoms with Crippen molar-refractivity contribution in [1.29, 1.82) is 0 Å². The average Bonchev–Trinajstić information content (AvgIpc) is 3.72. The van der Waals surface area contributed by atoms with Crippen LogP contribution in [-0.4, -0.2) is 0 Å². The third kappa shape index (κ3) is 6.54. The molecule has 11 rings (SSSR count). The lowest BCUT2D eigenvalue weighted by Crippen LogP contribution is -2.10. The van der Waals surface area contributed by atoms with E-state index in [0.717, 1.165) is 17.1 Å². The molecule has 0 aliphatic carbocycles. The predicted octanol–water partition coefficient (Wildman–Crippen LogP) is 17.0. The highest BCUT2D eigenvalue weighted by Crippen LogP contribution is 2.49. The van der Waals surface area contributed by atoms with Crippen LogP contribution in [0.4, 0.5) is 17.1 Å². The van der Waals surface area contributed by atoms with Gasteiger partial charge in [0.25, 0.3) is 0 Å². The first kappa shape index (κ1) is 35.6. The van der Waals surface area contributed by atoms with E-state index in [4.69, 9.17) is 0 Å². The first-order chi connectivity index (χ1) is 29.7. The van der Waals surface area contributed by atoms with Gasteiger partial charge in [-0.1, -0.05) is 188 Å². The fourth-order valence-corrected chi connectivity index (χ4v) is 10.0. The van der Waals surface area contributed by atoms with Crippen molar-refractivity contribution in [3.05, 3.63) is 237 Å². The summed E-state index contributed by atoms with van der Waals surface area (Å²) < 4.78 is 2.55. The Balaban J connectivity index is 1.12. The normalized spacial score (nSPS) is 11.3. The van der Waals surface area contributed by atoms with Crippen LogP contribution in [0.1, 0.15) is 0 Å². The summed E-state index contributed by atoms with van der Waals surface area (Å²) in [4.78, 5) is 2.46. The second-order valence-electron chi connectivity index (χ2n) is 15.3. The Hall–Kier alpha value is -7.52.